The lowest BCUT2D eigenvalue weighted by Gasteiger charge is -2.27. The first-order valence-corrected chi connectivity index (χ1v) is 11.3. The summed E-state index contributed by atoms with van der Waals surface area (Å²) in [6.45, 7) is 3.20. The van der Waals surface area contributed by atoms with Crippen LogP contribution in [-0.4, -0.2) is 48.1 Å². The highest BCUT2D eigenvalue weighted by molar-refractivity contribution is 5.82. The van der Waals surface area contributed by atoms with Crippen LogP contribution in [0.1, 0.15) is 42.8 Å². The Balaban J connectivity index is 1.47. The number of carbonyl (C=O) groups excluding carboxylic acids is 1. The van der Waals surface area contributed by atoms with Crippen molar-refractivity contribution in [2.24, 2.45) is 0 Å². The summed E-state index contributed by atoms with van der Waals surface area (Å²) in [6.07, 6.45) is 3.07. The lowest BCUT2D eigenvalue weighted by Crippen LogP contribution is -2.39. The smallest absolute Gasteiger partial charge is 0.258 e. The Morgan fingerprint density at radius 1 is 1.21 bits per heavy atom. The van der Waals surface area contributed by atoms with E-state index in [-0.39, 0.29) is 24.1 Å². The van der Waals surface area contributed by atoms with Crippen LogP contribution >= 0.6 is 0 Å². The number of H-pyrrole nitrogens is 1. The molecule has 33 heavy (non-hydrogen) atoms. The van der Waals surface area contributed by atoms with Crippen LogP contribution in [0.5, 0.6) is 11.5 Å². The summed E-state index contributed by atoms with van der Waals surface area (Å²) in [5, 5.41) is 3.62. The first-order valence-electron chi connectivity index (χ1n) is 11.3. The third-order valence-corrected chi connectivity index (χ3v) is 6.15. The zero-order valence-electron chi connectivity index (χ0n) is 19.3. The predicted molar refractivity (Wildman–Crippen MR) is 127 cm³/mol. The van der Waals surface area contributed by atoms with Crippen molar-refractivity contribution in [3.8, 4) is 11.5 Å². The SMILES string of the molecule is CCN(CC(=O)N[C@@H]1CCCc2ccccc21)Cc1nc2cc(OC)c(OC)cc2c(=O)[nH]1. The van der Waals surface area contributed by atoms with Crippen LogP contribution in [0.4, 0.5) is 0 Å². The number of hydrogen-bond acceptors (Lipinski definition) is 6. The fourth-order valence-corrected chi connectivity index (χ4v) is 4.43. The van der Waals surface area contributed by atoms with E-state index in [0.717, 1.165) is 19.3 Å². The average molecular weight is 451 g/mol. The number of amides is 1. The normalized spacial score (nSPS) is 15.3. The molecule has 0 spiro atoms. The zero-order valence-corrected chi connectivity index (χ0v) is 19.3. The van der Waals surface area contributed by atoms with Gasteiger partial charge in [0.2, 0.25) is 5.91 Å². The van der Waals surface area contributed by atoms with E-state index in [1.54, 1.807) is 19.2 Å². The first kappa shape index (κ1) is 22.8. The number of carbonyl (C=O) groups is 1. The molecule has 0 fully saturated rings. The molecule has 0 unspecified atom stereocenters. The quantitative estimate of drug-likeness (QED) is 0.548. The van der Waals surface area contributed by atoms with Crippen LogP contribution in [0.2, 0.25) is 0 Å². The summed E-state index contributed by atoms with van der Waals surface area (Å²) in [7, 11) is 3.07. The lowest BCUT2D eigenvalue weighted by atomic mass is 9.88. The number of likely N-dealkylation sites (N-methyl/N-ethyl adjacent to an activating group) is 1. The molecule has 2 N–H and O–H groups in total. The number of benzene rings is 2. The van der Waals surface area contributed by atoms with Gasteiger partial charge in [0.1, 0.15) is 5.82 Å². The first-order chi connectivity index (χ1) is 16.0. The van der Waals surface area contributed by atoms with Crippen molar-refractivity contribution < 1.29 is 14.3 Å². The van der Waals surface area contributed by atoms with Crippen molar-refractivity contribution in [3.63, 3.8) is 0 Å². The van der Waals surface area contributed by atoms with Crippen LogP contribution in [0.25, 0.3) is 10.9 Å². The van der Waals surface area contributed by atoms with Crippen LogP contribution < -0.4 is 20.3 Å². The Labute approximate surface area is 192 Å². The van der Waals surface area contributed by atoms with E-state index >= 15 is 0 Å². The number of aromatic amines is 1. The Bertz CT molecular complexity index is 1210. The third-order valence-electron chi connectivity index (χ3n) is 6.15. The zero-order chi connectivity index (χ0) is 23.4. The van der Waals surface area contributed by atoms with Crippen molar-refractivity contribution in [2.45, 2.75) is 38.8 Å². The van der Waals surface area contributed by atoms with Crippen molar-refractivity contribution in [2.75, 3.05) is 27.3 Å². The number of aromatic nitrogens is 2. The van der Waals surface area contributed by atoms with Gasteiger partial charge in [-0.2, -0.15) is 0 Å². The highest BCUT2D eigenvalue weighted by Crippen LogP contribution is 2.30. The molecule has 0 bridgehead atoms. The van der Waals surface area contributed by atoms with Crippen molar-refractivity contribution in [1.29, 1.82) is 0 Å². The van der Waals surface area contributed by atoms with E-state index in [4.69, 9.17) is 9.47 Å². The average Bonchev–Trinajstić information content (AvgIpc) is 2.83. The van der Waals surface area contributed by atoms with Crippen LogP contribution in [0.15, 0.2) is 41.2 Å². The van der Waals surface area contributed by atoms with Gasteiger partial charge in [-0.15, -0.1) is 0 Å². The molecule has 1 atom stereocenters. The van der Waals surface area contributed by atoms with Gasteiger partial charge in [0, 0.05) is 6.07 Å². The summed E-state index contributed by atoms with van der Waals surface area (Å²) in [5.41, 5.74) is 2.79. The summed E-state index contributed by atoms with van der Waals surface area (Å²) < 4.78 is 10.6. The minimum atomic E-state index is -0.254. The van der Waals surface area contributed by atoms with Gasteiger partial charge in [-0.05, 0) is 43.0 Å². The van der Waals surface area contributed by atoms with Crippen LogP contribution in [-0.2, 0) is 17.8 Å². The second-order valence-corrected chi connectivity index (χ2v) is 8.25. The van der Waals surface area contributed by atoms with Gasteiger partial charge in [0.25, 0.3) is 5.56 Å². The number of methoxy groups -OCH3 is 2. The molecule has 4 rings (SSSR count). The molecule has 8 nitrogen and oxygen atoms in total. The Kier molecular flexibility index (Phi) is 6.93. The largest absolute Gasteiger partial charge is 0.493 e. The molecule has 0 radical (unpaired) electrons. The molecule has 0 saturated carbocycles. The second kappa shape index (κ2) is 10.0. The van der Waals surface area contributed by atoms with Gasteiger partial charge in [-0.25, -0.2) is 4.98 Å². The topological polar surface area (TPSA) is 96.6 Å². The monoisotopic (exact) mass is 450 g/mol. The molecule has 8 heteroatoms. The maximum absolute atomic E-state index is 12.8. The van der Waals surface area contributed by atoms with Gasteiger partial charge in [0.15, 0.2) is 11.5 Å². The van der Waals surface area contributed by atoms with E-state index in [2.05, 4.69) is 27.4 Å². The number of nitrogens with one attached hydrogen (secondary N) is 2. The number of ether oxygens (including phenoxy) is 2. The number of nitrogens with zero attached hydrogens (tertiary/aromatic N) is 2. The maximum Gasteiger partial charge on any atom is 0.258 e. The van der Waals surface area contributed by atoms with Gasteiger partial charge in [-0.3, -0.25) is 14.5 Å². The molecule has 1 aliphatic carbocycles. The second-order valence-electron chi connectivity index (χ2n) is 8.25. The Hall–Kier alpha value is -3.39. The standard InChI is InChI=1S/C25H30N4O4/c1-4-29(15-24(30)27-19-11-7-9-16-8-5-6-10-17(16)19)14-23-26-20-13-22(33-3)21(32-2)12-18(20)25(31)28-23/h5-6,8,10,12-13,19H,4,7,9,11,14-15H2,1-3H3,(H,27,30)(H,26,28,31)/t19-/m1/s1. The highest BCUT2D eigenvalue weighted by Gasteiger charge is 2.22. The summed E-state index contributed by atoms with van der Waals surface area (Å²) in [6, 6.07) is 11.7. The van der Waals surface area contributed by atoms with E-state index in [1.807, 2.05) is 24.0 Å². The number of rotatable bonds is 8. The lowest BCUT2D eigenvalue weighted by molar-refractivity contribution is -0.123. The third kappa shape index (κ3) is 5.01. The van der Waals surface area contributed by atoms with Gasteiger partial charge < -0.3 is 19.8 Å². The number of hydrogen-bond donors (Lipinski definition) is 2. The van der Waals surface area contributed by atoms with E-state index in [0.29, 0.717) is 41.3 Å². The maximum atomic E-state index is 12.8. The fraction of sp³-hybridized carbons (Fsp3) is 0.400. The summed E-state index contributed by atoms with van der Waals surface area (Å²) in [5.74, 6) is 1.44. The molecular weight excluding hydrogens is 420 g/mol. The Morgan fingerprint density at radius 3 is 2.73 bits per heavy atom. The van der Waals surface area contributed by atoms with Gasteiger partial charge >= 0.3 is 0 Å². The number of fused-ring (bicyclic) bond motifs is 2. The van der Waals surface area contributed by atoms with Crippen molar-refractivity contribution >= 4 is 16.8 Å². The molecule has 0 aliphatic heterocycles. The molecule has 3 aromatic rings. The molecule has 1 aromatic heterocycles. The minimum absolute atomic E-state index is 0.0342. The number of aryl methyl sites for hydroxylation is 1. The minimum Gasteiger partial charge on any atom is -0.493 e. The van der Waals surface area contributed by atoms with Crippen LogP contribution in [0, 0.1) is 0 Å². The van der Waals surface area contributed by atoms with Gasteiger partial charge in [-0.1, -0.05) is 31.2 Å². The molecule has 0 saturated heterocycles. The van der Waals surface area contributed by atoms with Crippen LogP contribution in [0.3, 0.4) is 0 Å². The molecule has 1 aliphatic rings. The molecule has 2 aromatic carbocycles. The molecule has 1 amide bonds. The van der Waals surface area contributed by atoms with Crippen molar-refractivity contribution in [1.82, 2.24) is 20.2 Å². The highest BCUT2D eigenvalue weighted by atomic mass is 16.5. The summed E-state index contributed by atoms with van der Waals surface area (Å²) in [4.78, 5) is 34.9. The van der Waals surface area contributed by atoms with E-state index in [1.165, 1.54) is 18.2 Å². The van der Waals surface area contributed by atoms with E-state index < -0.39 is 0 Å². The summed E-state index contributed by atoms with van der Waals surface area (Å²) >= 11 is 0. The molecular formula is C25H30N4O4. The van der Waals surface area contributed by atoms with Crippen molar-refractivity contribution in [3.05, 3.63) is 63.7 Å². The fourth-order valence-electron chi connectivity index (χ4n) is 4.43. The molecule has 174 valence electrons. The van der Waals surface area contributed by atoms with Gasteiger partial charge in [0.05, 0.1) is 44.3 Å². The predicted octanol–water partition coefficient (Wildman–Crippen LogP) is 2.96. The van der Waals surface area contributed by atoms with E-state index in [9.17, 15) is 9.59 Å². The Morgan fingerprint density at radius 2 is 1.97 bits per heavy atom. The molecule has 1 heterocycles.